The van der Waals surface area contributed by atoms with Crippen LogP contribution >= 0.6 is 36.2 Å². The Kier molecular flexibility index (Phi) is 4.57. The lowest BCUT2D eigenvalue weighted by Crippen LogP contribution is -2.15. The predicted octanol–water partition coefficient (Wildman–Crippen LogP) is 5.08. The van der Waals surface area contributed by atoms with Crippen molar-refractivity contribution in [1.82, 2.24) is 5.32 Å². The highest BCUT2D eigenvalue weighted by Crippen LogP contribution is 2.28. The van der Waals surface area contributed by atoms with Gasteiger partial charge in [0.15, 0.2) is 0 Å². The fraction of sp³-hybridized carbons (Fsp3) is 0.0588. The Hall–Kier alpha value is -1.69. The SMILES string of the molecule is Cc1ccc(Oc2cccc(C=C3SC(=S)NC3=S)c2)cc1. The Labute approximate surface area is 144 Å². The van der Waals surface area contributed by atoms with Crippen molar-refractivity contribution in [2.75, 3.05) is 0 Å². The van der Waals surface area contributed by atoms with Crippen LogP contribution in [-0.2, 0) is 0 Å². The molecule has 1 fully saturated rings. The third kappa shape index (κ3) is 3.74. The van der Waals surface area contributed by atoms with E-state index in [1.54, 1.807) is 0 Å². The fourth-order valence-electron chi connectivity index (χ4n) is 1.98. The van der Waals surface area contributed by atoms with E-state index < -0.39 is 0 Å². The molecule has 1 heterocycles. The molecular formula is C17H13NOS3. The van der Waals surface area contributed by atoms with Gasteiger partial charge in [0.2, 0.25) is 0 Å². The number of hydrogen-bond acceptors (Lipinski definition) is 4. The highest BCUT2D eigenvalue weighted by Gasteiger charge is 2.18. The Morgan fingerprint density at radius 1 is 1.05 bits per heavy atom. The van der Waals surface area contributed by atoms with Crippen molar-refractivity contribution in [2.45, 2.75) is 6.92 Å². The first-order chi connectivity index (χ1) is 10.6. The van der Waals surface area contributed by atoms with Crippen molar-refractivity contribution < 1.29 is 4.74 Å². The average Bonchev–Trinajstić information content (AvgIpc) is 2.80. The first kappa shape index (κ1) is 15.2. The summed E-state index contributed by atoms with van der Waals surface area (Å²) in [6.07, 6.45) is 2.02. The zero-order valence-electron chi connectivity index (χ0n) is 11.8. The normalized spacial score (nSPS) is 16.0. The molecule has 0 spiro atoms. The van der Waals surface area contributed by atoms with Gasteiger partial charge < -0.3 is 10.1 Å². The van der Waals surface area contributed by atoms with Crippen LogP contribution in [0.3, 0.4) is 0 Å². The van der Waals surface area contributed by atoms with Crippen LogP contribution in [0.2, 0.25) is 0 Å². The Morgan fingerprint density at radius 2 is 1.82 bits per heavy atom. The summed E-state index contributed by atoms with van der Waals surface area (Å²) in [6.45, 7) is 2.05. The molecule has 1 aliphatic rings. The summed E-state index contributed by atoms with van der Waals surface area (Å²) in [4.78, 5) is 1.65. The summed E-state index contributed by atoms with van der Waals surface area (Å²) in [5.41, 5.74) is 2.24. The number of rotatable bonds is 3. The smallest absolute Gasteiger partial charge is 0.143 e. The molecule has 0 bridgehead atoms. The van der Waals surface area contributed by atoms with E-state index in [2.05, 4.69) is 12.2 Å². The van der Waals surface area contributed by atoms with Crippen molar-refractivity contribution in [2.24, 2.45) is 0 Å². The molecule has 0 amide bonds. The zero-order chi connectivity index (χ0) is 15.5. The second kappa shape index (κ2) is 6.60. The summed E-state index contributed by atoms with van der Waals surface area (Å²) >= 11 is 11.8. The molecular weight excluding hydrogens is 330 g/mol. The number of thiocarbonyl (C=S) groups is 2. The van der Waals surface area contributed by atoms with Gasteiger partial charge in [-0.15, -0.1) is 0 Å². The lowest BCUT2D eigenvalue weighted by Gasteiger charge is -2.07. The van der Waals surface area contributed by atoms with Crippen molar-refractivity contribution >= 4 is 51.6 Å². The largest absolute Gasteiger partial charge is 0.457 e. The summed E-state index contributed by atoms with van der Waals surface area (Å²) in [5, 5.41) is 2.97. The van der Waals surface area contributed by atoms with E-state index in [0.717, 1.165) is 22.0 Å². The van der Waals surface area contributed by atoms with Gasteiger partial charge >= 0.3 is 0 Å². The van der Waals surface area contributed by atoms with E-state index in [1.165, 1.54) is 17.3 Å². The van der Waals surface area contributed by atoms with Gasteiger partial charge in [0, 0.05) is 4.91 Å². The summed E-state index contributed by atoms with van der Waals surface area (Å²) in [6, 6.07) is 15.9. The maximum Gasteiger partial charge on any atom is 0.143 e. The van der Waals surface area contributed by atoms with E-state index >= 15 is 0 Å². The fourth-order valence-corrected chi connectivity index (χ4v) is 3.46. The third-order valence-electron chi connectivity index (χ3n) is 3.05. The summed E-state index contributed by atoms with van der Waals surface area (Å²) < 4.78 is 6.57. The Morgan fingerprint density at radius 3 is 2.50 bits per heavy atom. The van der Waals surface area contributed by atoms with Gasteiger partial charge in [-0.05, 0) is 42.8 Å². The number of benzene rings is 2. The van der Waals surface area contributed by atoms with Crippen LogP contribution in [0.1, 0.15) is 11.1 Å². The topological polar surface area (TPSA) is 21.3 Å². The number of aryl methyl sites for hydroxylation is 1. The molecule has 2 nitrogen and oxygen atoms in total. The van der Waals surface area contributed by atoms with Crippen molar-refractivity contribution in [1.29, 1.82) is 0 Å². The van der Waals surface area contributed by atoms with E-state index in [4.69, 9.17) is 29.2 Å². The van der Waals surface area contributed by atoms with Gasteiger partial charge in [-0.2, -0.15) is 0 Å². The van der Waals surface area contributed by atoms with Crippen LogP contribution in [0, 0.1) is 6.92 Å². The molecule has 110 valence electrons. The predicted molar refractivity (Wildman–Crippen MR) is 102 cm³/mol. The van der Waals surface area contributed by atoms with Crippen LogP contribution in [0.4, 0.5) is 0 Å². The maximum atomic E-state index is 5.88. The van der Waals surface area contributed by atoms with Crippen LogP contribution < -0.4 is 10.1 Å². The molecule has 5 heteroatoms. The van der Waals surface area contributed by atoms with E-state index in [1.807, 2.05) is 54.6 Å². The van der Waals surface area contributed by atoms with Crippen LogP contribution in [0.25, 0.3) is 6.08 Å². The molecule has 0 saturated carbocycles. The quantitative estimate of drug-likeness (QED) is 0.618. The van der Waals surface area contributed by atoms with Gasteiger partial charge in [0.1, 0.15) is 20.8 Å². The summed E-state index contributed by atoms with van der Waals surface area (Å²) in [7, 11) is 0. The number of hydrogen-bond donors (Lipinski definition) is 1. The van der Waals surface area contributed by atoms with Gasteiger partial charge in [-0.1, -0.05) is 66.0 Å². The molecule has 0 aliphatic carbocycles. The number of nitrogens with one attached hydrogen (secondary N) is 1. The highest BCUT2D eigenvalue weighted by molar-refractivity contribution is 8.27. The number of ether oxygens (including phenoxy) is 1. The second-order valence-electron chi connectivity index (χ2n) is 4.84. The molecule has 1 N–H and O–H groups in total. The highest BCUT2D eigenvalue weighted by atomic mass is 32.2. The average molecular weight is 343 g/mol. The van der Waals surface area contributed by atoms with Gasteiger partial charge in [0.05, 0.1) is 0 Å². The minimum atomic E-state index is 0.680. The third-order valence-corrected chi connectivity index (χ3v) is 4.69. The minimum absolute atomic E-state index is 0.680. The lowest BCUT2D eigenvalue weighted by atomic mass is 10.2. The molecule has 22 heavy (non-hydrogen) atoms. The first-order valence-electron chi connectivity index (χ1n) is 6.69. The summed E-state index contributed by atoms with van der Waals surface area (Å²) in [5.74, 6) is 1.62. The standard InChI is InChI=1S/C17H13NOS3/c1-11-5-7-13(8-6-11)19-14-4-2-3-12(9-14)10-15-16(20)18-17(21)22-15/h2-10H,1H3,(H,18,20,21). The van der Waals surface area contributed by atoms with Gasteiger partial charge in [0.25, 0.3) is 0 Å². The molecule has 0 atom stereocenters. The zero-order valence-corrected chi connectivity index (χ0v) is 14.3. The van der Waals surface area contributed by atoms with E-state index in [9.17, 15) is 0 Å². The molecule has 2 aromatic rings. The molecule has 0 radical (unpaired) electrons. The molecule has 2 aromatic carbocycles. The first-order valence-corrected chi connectivity index (χ1v) is 8.33. The second-order valence-corrected chi connectivity index (χ2v) is 6.97. The van der Waals surface area contributed by atoms with Gasteiger partial charge in [-0.3, -0.25) is 0 Å². The maximum absolute atomic E-state index is 5.88. The Bertz CT molecular complexity index is 766. The molecule has 1 aliphatic heterocycles. The van der Waals surface area contributed by atoms with Crippen molar-refractivity contribution in [3.63, 3.8) is 0 Å². The molecule has 1 saturated heterocycles. The molecule has 0 unspecified atom stereocenters. The minimum Gasteiger partial charge on any atom is -0.457 e. The van der Waals surface area contributed by atoms with Crippen molar-refractivity contribution in [3.8, 4) is 11.5 Å². The van der Waals surface area contributed by atoms with Crippen molar-refractivity contribution in [3.05, 3.63) is 64.6 Å². The van der Waals surface area contributed by atoms with E-state index in [-0.39, 0.29) is 0 Å². The van der Waals surface area contributed by atoms with Crippen LogP contribution in [0.5, 0.6) is 11.5 Å². The van der Waals surface area contributed by atoms with Gasteiger partial charge in [-0.25, -0.2) is 0 Å². The van der Waals surface area contributed by atoms with Crippen LogP contribution in [-0.4, -0.2) is 9.31 Å². The molecule has 0 aromatic heterocycles. The van der Waals surface area contributed by atoms with E-state index in [0.29, 0.717) is 9.31 Å². The monoisotopic (exact) mass is 343 g/mol. The molecule has 3 rings (SSSR count). The number of thioether (sulfide) groups is 1. The Balaban J connectivity index is 1.81. The van der Waals surface area contributed by atoms with Crippen LogP contribution in [0.15, 0.2) is 53.4 Å². The lowest BCUT2D eigenvalue weighted by molar-refractivity contribution is 0.482.